The van der Waals surface area contributed by atoms with Crippen LogP contribution in [0.2, 0.25) is 0 Å². The van der Waals surface area contributed by atoms with Crippen molar-refractivity contribution in [3.05, 3.63) is 41.2 Å². The Bertz CT molecular complexity index is 1210. The van der Waals surface area contributed by atoms with Crippen molar-refractivity contribution in [3.63, 3.8) is 0 Å². The minimum atomic E-state index is -4.64. The fourth-order valence-electron chi connectivity index (χ4n) is 3.58. The zero-order valence-electron chi connectivity index (χ0n) is 20.6. The summed E-state index contributed by atoms with van der Waals surface area (Å²) >= 11 is 0. The molecule has 3 aromatic rings. The molecule has 6 N–H and O–H groups in total. The fourth-order valence-corrected chi connectivity index (χ4v) is 3.58. The lowest BCUT2D eigenvalue weighted by molar-refractivity contribution is -0.164. The molecule has 1 amide bonds. The van der Waals surface area contributed by atoms with E-state index in [-0.39, 0.29) is 22.4 Å². The van der Waals surface area contributed by atoms with E-state index in [0.29, 0.717) is 22.6 Å². The van der Waals surface area contributed by atoms with Crippen molar-refractivity contribution in [2.75, 3.05) is 11.1 Å². The average molecular weight is 510 g/mol. The Hall–Kier alpha value is -3.61. The number of rotatable bonds is 8. The van der Waals surface area contributed by atoms with E-state index in [1.807, 2.05) is 0 Å². The molecule has 0 spiro atoms. The Kier molecular flexibility index (Phi) is 7.35. The van der Waals surface area contributed by atoms with Crippen LogP contribution in [0.3, 0.4) is 0 Å². The zero-order chi connectivity index (χ0) is 27.0. The van der Waals surface area contributed by atoms with Crippen molar-refractivity contribution < 1.29 is 27.6 Å². The summed E-state index contributed by atoms with van der Waals surface area (Å²) in [5.74, 6) is -1.69. The third kappa shape index (κ3) is 5.96. The van der Waals surface area contributed by atoms with E-state index in [4.69, 9.17) is 16.0 Å². The summed E-state index contributed by atoms with van der Waals surface area (Å²) in [4.78, 5) is 16.2. The molecule has 3 heterocycles. The first-order valence-corrected chi connectivity index (χ1v) is 11.2. The summed E-state index contributed by atoms with van der Waals surface area (Å²) in [5, 5.41) is 21.4. The number of nitrogen functional groups attached to an aromatic ring is 1. The molecule has 196 valence electrons. The van der Waals surface area contributed by atoms with Gasteiger partial charge in [0.15, 0.2) is 0 Å². The van der Waals surface area contributed by atoms with Crippen LogP contribution >= 0.6 is 0 Å². The summed E-state index contributed by atoms with van der Waals surface area (Å²) in [6.45, 7) is 8.83. The van der Waals surface area contributed by atoms with Gasteiger partial charge in [0.05, 0.1) is 11.4 Å². The molecule has 0 bridgehead atoms. The highest BCUT2D eigenvalue weighted by Gasteiger charge is 2.40. The highest BCUT2D eigenvalue weighted by atomic mass is 19.4. The lowest BCUT2D eigenvalue weighted by atomic mass is 9.91. The van der Waals surface area contributed by atoms with Gasteiger partial charge in [0.1, 0.15) is 29.3 Å². The molecule has 0 fully saturated rings. The monoisotopic (exact) mass is 509 g/mol. The molecule has 0 saturated heterocycles. The van der Waals surface area contributed by atoms with E-state index in [0.717, 1.165) is 12.6 Å². The maximum Gasteiger partial charge on any atom is 0.410 e. The third-order valence-electron chi connectivity index (χ3n) is 5.62. The van der Waals surface area contributed by atoms with Crippen LogP contribution in [0.4, 0.5) is 24.9 Å². The molecule has 0 aliphatic heterocycles. The standard InChI is InChI=1S/C23H30F3N7O3/c1-11(21(35)30-16-8-14(32-36-16)9-22(3,4)5)13-6-7-15(29-10-13)18-17(20(28)34)19(27)33(31-18)12(2)23(24,25)26/h6-8,10-12,21,30,35H,9,27H2,1-5H3,(H2,28,34). The van der Waals surface area contributed by atoms with Gasteiger partial charge in [-0.3, -0.25) is 9.78 Å². The second-order valence-electron chi connectivity index (χ2n) is 9.91. The number of aliphatic hydroxyl groups is 1. The number of carbonyl (C=O) groups is 1. The van der Waals surface area contributed by atoms with Crippen molar-refractivity contribution in [3.8, 4) is 11.4 Å². The van der Waals surface area contributed by atoms with E-state index >= 15 is 0 Å². The molecule has 13 heteroatoms. The van der Waals surface area contributed by atoms with Crippen LogP contribution in [0.25, 0.3) is 11.4 Å². The molecule has 0 aromatic carbocycles. The normalized spacial score (nSPS) is 14.9. The molecule has 3 aromatic heterocycles. The van der Waals surface area contributed by atoms with Gasteiger partial charge in [-0.05, 0) is 30.4 Å². The van der Waals surface area contributed by atoms with Crippen molar-refractivity contribution in [2.45, 2.75) is 65.4 Å². The predicted octanol–water partition coefficient (Wildman–Crippen LogP) is 3.86. The number of halogens is 3. The number of hydrogen-bond donors (Lipinski definition) is 4. The number of aliphatic hydroxyl groups excluding tert-OH is 1. The quantitative estimate of drug-likeness (QED) is 0.333. The van der Waals surface area contributed by atoms with Gasteiger partial charge in [0.25, 0.3) is 5.91 Å². The van der Waals surface area contributed by atoms with Gasteiger partial charge in [0.2, 0.25) is 5.88 Å². The van der Waals surface area contributed by atoms with Crippen molar-refractivity contribution >= 4 is 17.6 Å². The molecular weight excluding hydrogens is 479 g/mol. The van der Waals surface area contributed by atoms with E-state index in [9.17, 15) is 23.1 Å². The van der Waals surface area contributed by atoms with Crippen molar-refractivity contribution in [1.82, 2.24) is 19.9 Å². The number of carbonyl (C=O) groups excluding carboxylic acids is 1. The average Bonchev–Trinajstić information content (AvgIpc) is 3.34. The molecule has 36 heavy (non-hydrogen) atoms. The number of pyridine rings is 1. The molecule has 3 unspecified atom stereocenters. The summed E-state index contributed by atoms with van der Waals surface area (Å²) in [7, 11) is 0. The topological polar surface area (TPSA) is 158 Å². The summed E-state index contributed by atoms with van der Waals surface area (Å²) in [6.07, 6.45) is -3.58. The number of aromatic nitrogens is 4. The Labute approximate surface area is 205 Å². The number of nitrogens with one attached hydrogen (secondary N) is 1. The van der Waals surface area contributed by atoms with Gasteiger partial charge in [0, 0.05) is 18.2 Å². The van der Waals surface area contributed by atoms with Crippen LogP contribution in [-0.2, 0) is 6.42 Å². The number of nitrogens with two attached hydrogens (primary N) is 2. The van der Waals surface area contributed by atoms with Gasteiger partial charge in [-0.25, -0.2) is 4.68 Å². The Morgan fingerprint density at radius 2 is 1.92 bits per heavy atom. The molecule has 3 atom stereocenters. The minimum Gasteiger partial charge on any atom is -0.383 e. The highest BCUT2D eigenvalue weighted by molar-refractivity contribution is 6.03. The van der Waals surface area contributed by atoms with Crippen LogP contribution in [0.5, 0.6) is 0 Å². The van der Waals surface area contributed by atoms with Gasteiger partial charge < -0.3 is 26.4 Å². The Balaban J connectivity index is 1.80. The zero-order valence-corrected chi connectivity index (χ0v) is 20.6. The van der Waals surface area contributed by atoms with Crippen LogP contribution in [0, 0.1) is 5.41 Å². The number of alkyl halides is 3. The van der Waals surface area contributed by atoms with Gasteiger partial charge >= 0.3 is 6.18 Å². The number of amides is 1. The first-order chi connectivity index (χ1) is 16.6. The lowest BCUT2D eigenvalue weighted by Gasteiger charge is -2.19. The maximum atomic E-state index is 13.2. The first-order valence-electron chi connectivity index (χ1n) is 11.2. The molecule has 3 rings (SSSR count). The minimum absolute atomic E-state index is 0.0210. The Morgan fingerprint density at radius 1 is 1.25 bits per heavy atom. The largest absolute Gasteiger partial charge is 0.410 e. The molecular formula is C23H30F3N7O3. The van der Waals surface area contributed by atoms with Gasteiger partial charge in [-0.2, -0.15) is 18.3 Å². The van der Waals surface area contributed by atoms with Crippen LogP contribution < -0.4 is 16.8 Å². The van der Waals surface area contributed by atoms with E-state index < -0.39 is 36.1 Å². The van der Waals surface area contributed by atoms with E-state index in [1.54, 1.807) is 19.1 Å². The molecule has 0 radical (unpaired) electrons. The van der Waals surface area contributed by atoms with E-state index in [2.05, 4.69) is 41.3 Å². The molecule has 0 aliphatic rings. The highest BCUT2D eigenvalue weighted by Crippen LogP contribution is 2.35. The Morgan fingerprint density at radius 3 is 2.44 bits per heavy atom. The van der Waals surface area contributed by atoms with Crippen LogP contribution in [-0.4, -0.2) is 43.3 Å². The second-order valence-corrected chi connectivity index (χ2v) is 9.91. The van der Waals surface area contributed by atoms with Crippen LogP contribution in [0.15, 0.2) is 28.9 Å². The third-order valence-corrected chi connectivity index (χ3v) is 5.62. The number of nitrogens with zero attached hydrogens (tertiary/aromatic N) is 4. The summed E-state index contributed by atoms with van der Waals surface area (Å²) in [6, 6.07) is 2.71. The molecule has 10 nitrogen and oxygen atoms in total. The van der Waals surface area contributed by atoms with Crippen molar-refractivity contribution in [2.24, 2.45) is 11.1 Å². The summed E-state index contributed by atoms with van der Waals surface area (Å²) in [5.41, 5.74) is 12.1. The predicted molar refractivity (Wildman–Crippen MR) is 127 cm³/mol. The number of primary amides is 1. The SMILES string of the molecule is CC(c1ccc(-c2nn(C(C)C(F)(F)F)c(N)c2C(N)=O)nc1)C(O)Nc1cc(CC(C)(C)C)no1. The van der Waals surface area contributed by atoms with Crippen LogP contribution in [0.1, 0.15) is 68.2 Å². The number of anilines is 2. The van der Waals surface area contributed by atoms with Gasteiger partial charge in [-0.15, -0.1) is 0 Å². The number of hydrogen-bond acceptors (Lipinski definition) is 8. The fraction of sp³-hybridized carbons (Fsp3) is 0.478. The smallest absolute Gasteiger partial charge is 0.383 e. The maximum absolute atomic E-state index is 13.2. The first kappa shape index (κ1) is 27.0. The van der Waals surface area contributed by atoms with Gasteiger partial charge in [-0.1, -0.05) is 38.9 Å². The van der Waals surface area contributed by atoms with Crippen molar-refractivity contribution in [1.29, 1.82) is 0 Å². The second kappa shape index (κ2) is 9.80. The lowest BCUT2D eigenvalue weighted by Crippen LogP contribution is -2.26. The molecule has 0 aliphatic carbocycles. The molecule has 0 saturated carbocycles. The van der Waals surface area contributed by atoms with E-state index in [1.165, 1.54) is 12.3 Å². The summed E-state index contributed by atoms with van der Waals surface area (Å²) < 4.78 is 45.4.